The number of hydrogen-bond donors (Lipinski definition) is 1. The van der Waals surface area contributed by atoms with Crippen molar-refractivity contribution in [1.82, 2.24) is 4.90 Å². The fourth-order valence-electron chi connectivity index (χ4n) is 0.833. The molecule has 60 valence electrons. The Balaban J connectivity index is 3.71. The van der Waals surface area contributed by atoms with Gasteiger partial charge in [-0.3, -0.25) is 9.69 Å². The van der Waals surface area contributed by atoms with Crippen molar-refractivity contribution in [3.05, 3.63) is 0 Å². The van der Waals surface area contributed by atoms with Gasteiger partial charge in [0, 0.05) is 6.04 Å². The molecule has 1 N–H and O–H groups in total. The number of aliphatic carboxylic acids is 1. The fraction of sp³-hybridized carbons (Fsp3) is 0.857. The van der Waals surface area contributed by atoms with E-state index >= 15 is 0 Å². The van der Waals surface area contributed by atoms with Crippen LogP contribution in [-0.4, -0.2) is 35.1 Å². The Kier molecular flexibility index (Phi) is 4.03. The van der Waals surface area contributed by atoms with Gasteiger partial charge in [-0.1, -0.05) is 6.92 Å². The van der Waals surface area contributed by atoms with Crippen molar-refractivity contribution < 1.29 is 9.90 Å². The van der Waals surface area contributed by atoms with E-state index in [4.69, 9.17) is 5.11 Å². The van der Waals surface area contributed by atoms with Crippen molar-refractivity contribution in [2.45, 2.75) is 26.8 Å². The maximum Gasteiger partial charge on any atom is 0.317 e. The summed E-state index contributed by atoms with van der Waals surface area (Å²) >= 11 is 0. The lowest BCUT2D eigenvalue weighted by atomic mass is 10.3. The number of nitrogens with zero attached hydrogens (tertiary/aromatic N) is 1. The third-order valence-electron chi connectivity index (χ3n) is 1.47. The van der Waals surface area contributed by atoms with E-state index in [0.29, 0.717) is 6.04 Å². The molecule has 0 amide bonds. The molecule has 0 unspecified atom stereocenters. The maximum absolute atomic E-state index is 10.2. The van der Waals surface area contributed by atoms with Crippen LogP contribution in [0.4, 0.5) is 0 Å². The monoisotopic (exact) mass is 145 g/mol. The Hall–Kier alpha value is -0.570. The summed E-state index contributed by atoms with van der Waals surface area (Å²) in [5, 5.41) is 8.42. The highest BCUT2D eigenvalue weighted by Crippen LogP contribution is 1.95. The molecule has 0 rings (SSSR count). The van der Waals surface area contributed by atoms with E-state index in [2.05, 4.69) is 0 Å². The highest BCUT2D eigenvalue weighted by Gasteiger charge is 2.09. The minimum Gasteiger partial charge on any atom is -0.480 e. The minimum absolute atomic E-state index is 0.147. The summed E-state index contributed by atoms with van der Waals surface area (Å²) in [5.41, 5.74) is 0. The highest BCUT2D eigenvalue weighted by atomic mass is 16.4. The van der Waals surface area contributed by atoms with Crippen LogP contribution < -0.4 is 0 Å². The van der Waals surface area contributed by atoms with Gasteiger partial charge in [0.2, 0.25) is 0 Å². The normalized spacial score (nSPS) is 10.9. The Bertz CT molecular complexity index is 112. The maximum atomic E-state index is 10.2. The second-order valence-corrected chi connectivity index (χ2v) is 2.55. The highest BCUT2D eigenvalue weighted by molar-refractivity contribution is 5.69. The van der Waals surface area contributed by atoms with Crippen molar-refractivity contribution in [3.63, 3.8) is 0 Å². The molecule has 10 heavy (non-hydrogen) atoms. The Labute approximate surface area is 61.6 Å². The van der Waals surface area contributed by atoms with E-state index in [1.54, 1.807) is 0 Å². The van der Waals surface area contributed by atoms with Crippen molar-refractivity contribution in [2.75, 3.05) is 13.1 Å². The molecule has 0 heterocycles. The molecule has 0 aliphatic rings. The first-order valence-corrected chi connectivity index (χ1v) is 3.53. The number of rotatable bonds is 4. The second-order valence-electron chi connectivity index (χ2n) is 2.55. The number of carbonyl (C=O) groups is 1. The zero-order chi connectivity index (χ0) is 8.15. The molecule has 0 aliphatic carbocycles. The van der Waals surface area contributed by atoms with Gasteiger partial charge in [-0.25, -0.2) is 0 Å². The zero-order valence-corrected chi connectivity index (χ0v) is 6.79. The lowest BCUT2D eigenvalue weighted by molar-refractivity contribution is -0.138. The second kappa shape index (κ2) is 4.28. The Morgan fingerprint density at radius 3 is 2.20 bits per heavy atom. The zero-order valence-electron chi connectivity index (χ0n) is 6.79. The summed E-state index contributed by atoms with van der Waals surface area (Å²) in [6.45, 7) is 6.89. The molecular weight excluding hydrogens is 130 g/mol. The summed E-state index contributed by atoms with van der Waals surface area (Å²) in [5.74, 6) is -0.754. The van der Waals surface area contributed by atoms with E-state index in [-0.39, 0.29) is 6.54 Å². The third kappa shape index (κ3) is 3.45. The van der Waals surface area contributed by atoms with Gasteiger partial charge in [-0.15, -0.1) is 0 Å². The molecule has 0 fully saturated rings. The van der Waals surface area contributed by atoms with Crippen LogP contribution in [0.25, 0.3) is 0 Å². The van der Waals surface area contributed by atoms with Gasteiger partial charge in [0.15, 0.2) is 0 Å². The van der Waals surface area contributed by atoms with Crippen molar-refractivity contribution in [1.29, 1.82) is 0 Å². The SMILES string of the molecule is CCN(CC(=O)O)C(C)C. The molecule has 3 heteroatoms. The van der Waals surface area contributed by atoms with Crippen molar-refractivity contribution in [2.24, 2.45) is 0 Å². The van der Waals surface area contributed by atoms with Crippen LogP contribution >= 0.6 is 0 Å². The summed E-state index contributed by atoms with van der Waals surface area (Å²) < 4.78 is 0. The van der Waals surface area contributed by atoms with Crippen molar-refractivity contribution >= 4 is 5.97 Å². The lowest BCUT2D eigenvalue weighted by Gasteiger charge is -2.21. The number of likely N-dealkylation sites (N-methyl/N-ethyl adjacent to an activating group) is 1. The van der Waals surface area contributed by atoms with Gasteiger partial charge < -0.3 is 5.11 Å². The fourth-order valence-corrected chi connectivity index (χ4v) is 0.833. The van der Waals surface area contributed by atoms with Gasteiger partial charge in [0.05, 0.1) is 6.54 Å². The molecule has 0 aromatic rings. The van der Waals surface area contributed by atoms with E-state index in [0.717, 1.165) is 6.54 Å². The molecule has 0 bridgehead atoms. The summed E-state index contributed by atoms with van der Waals surface area (Å²) in [6, 6.07) is 0.320. The van der Waals surface area contributed by atoms with E-state index in [9.17, 15) is 4.79 Å². The summed E-state index contributed by atoms with van der Waals surface area (Å²) in [6.07, 6.45) is 0. The summed E-state index contributed by atoms with van der Waals surface area (Å²) in [4.78, 5) is 12.1. The standard InChI is InChI=1S/C7H15NO2/c1-4-8(6(2)3)5-7(9)10/h6H,4-5H2,1-3H3,(H,9,10). The average molecular weight is 145 g/mol. The third-order valence-corrected chi connectivity index (χ3v) is 1.47. The first-order valence-electron chi connectivity index (χ1n) is 3.53. The predicted octanol–water partition coefficient (Wildman–Crippen LogP) is 0.801. The van der Waals surface area contributed by atoms with Gasteiger partial charge in [-0.05, 0) is 20.4 Å². The van der Waals surface area contributed by atoms with E-state index in [1.165, 1.54) is 0 Å². The van der Waals surface area contributed by atoms with Gasteiger partial charge in [0.25, 0.3) is 0 Å². The molecule has 0 aromatic heterocycles. The Morgan fingerprint density at radius 1 is 1.60 bits per heavy atom. The van der Waals surface area contributed by atoms with E-state index < -0.39 is 5.97 Å². The van der Waals surface area contributed by atoms with Crippen LogP contribution in [0, 0.1) is 0 Å². The molecule has 0 aromatic carbocycles. The largest absolute Gasteiger partial charge is 0.480 e. The number of hydrogen-bond acceptors (Lipinski definition) is 2. The van der Waals surface area contributed by atoms with Crippen LogP contribution in [0.2, 0.25) is 0 Å². The molecule has 0 saturated carbocycles. The van der Waals surface area contributed by atoms with Gasteiger partial charge in [-0.2, -0.15) is 0 Å². The molecule has 0 radical (unpaired) electrons. The quantitative estimate of drug-likeness (QED) is 0.636. The lowest BCUT2D eigenvalue weighted by Crippen LogP contribution is -2.35. The van der Waals surface area contributed by atoms with Crippen LogP contribution in [0.1, 0.15) is 20.8 Å². The smallest absolute Gasteiger partial charge is 0.317 e. The first-order chi connectivity index (χ1) is 4.57. The van der Waals surface area contributed by atoms with Gasteiger partial charge >= 0.3 is 5.97 Å². The van der Waals surface area contributed by atoms with E-state index in [1.807, 2.05) is 25.7 Å². The molecule has 0 atom stereocenters. The van der Waals surface area contributed by atoms with Crippen LogP contribution in [0.5, 0.6) is 0 Å². The van der Waals surface area contributed by atoms with Gasteiger partial charge in [0.1, 0.15) is 0 Å². The molecule has 0 saturated heterocycles. The minimum atomic E-state index is -0.754. The average Bonchev–Trinajstić information content (AvgIpc) is 1.81. The molecular formula is C7H15NO2. The molecule has 3 nitrogen and oxygen atoms in total. The van der Waals surface area contributed by atoms with Crippen molar-refractivity contribution in [3.8, 4) is 0 Å². The van der Waals surface area contributed by atoms with Crippen LogP contribution in [0.3, 0.4) is 0 Å². The van der Waals surface area contributed by atoms with Crippen LogP contribution in [0.15, 0.2) is 0 Å². The van der Waals surface area contributed by atoms with Crippen LogP contribution in [-0.2, 0) is 4.79 Å². The first kappa shape index (κ1) is 9.43. The topological polar surface area (TPSA) is 40.5 Å². The number of carboxylic acids is 1. The Morgan fingerprint density at radius 2 is 2.10 bits per heavy atom. The number of carboxylic acid groups (broad SMARTS) is 1. The summed E-state index contributed by atoms with van der Waals surface area (Å²) in [7, 11) is 0. The molecule has 0 aliphatic heterocycles. The molecule has 0 spiro atoms. The predicted molar refractivity (Wildman–Crippen MR) is 40.0 cm³/mol.